The smallest absolute Gasteiger partial charge is 0.238 e. The van der Waals surface area contributed by atoms with E-state index in [-0.39, 0.29) is 29.4 Å². The minimum absolute atomic E-state index is 0.0249. The molecule has 0 atom stereocenters. The average Bonchev–Trinajstić information content (AvgIpc) is 2.65. The van der Waals surface area contributed by atoms with Crippen LogP contribution >= 0.6 is 0 Å². The molecule has 2 aromatic rings. The largest absolute Gasteiger partial charge is 0.326 e. The fourth-order valence-corrected chi connectivity index (χ4v) is 3.75. The summed E-state index contributed by atoms with van der Waals surface area (Å²) in [5.74, 6) is -0.354. The number of anilines is 1. The molecule has 0 radical (unpaired) electrons. The molecule has 0 bridgehead atoms. The highest BCUT2D eigenvalue weighted by atomic mass is 32.2. The quantitative estimate of drug-likeness (QED) is 0.745. The summed E-state index contributed by atoms with van der Waals surface area (Å²) >= 11 is 0. The molecular weight excluding hydrogens is 364 g/mol. The molecule has 0 saturated heterocycles. The molecule has 1 aliphatic rings. The highest BCUT2D eigenvalue weighted by Crippen LogP contribution is 2.23. The second kappa shape index (κ2) is 8.02. The molecular formula is C20H22N2O4S. The SMILES string of the molecule is NS(=O)(=O)c1ccc(NC(=O)CCC(=O)c2ccc3c(c2)CCCC3)cc1. The van der Waals surface area contributed by atoms with Crippen LogP contribution in [0.3, 0.4) is 0 Å². The molecule has 0 saturated carbocycles. The van der Waals surface area contributed by atoms with Gasteiger partial charge in [0.15, 0.2) is 5.78 Å². The topological polar surface area (TPSA) is 106 Å². The van der Waals surface area contributed by atoms with Crippen molar-refractivity contribution in [3.05, 3.63) is 59.2 Å². The van der Waals surface area contributed by atoms with Crippen LogP contribution < -0.4 is 10.5 Å². The zero-order valence-electron chi connectivity index (χ0n) is 14.9. The highest BCUT2D eigenvalue weighted by Gasteiger charge is 2.14. The van der Waals surface area contributed by atoms with Gasteiger partial charge in [0.05, 0.1) is 4.90 Å². The Morgan fingerprint density at radius 1 is 0.926 bits per heavy atom. The van der Waals surface area contributed by atoms with E-state index in [9.17, 15) is 18.0 Å². The van der Waals surface area contributed by atoms with Gasteiger partial charge in [-0.1, -0.05) is 12.1 Å². The number of nitrogens with one attached hydrogen (secondary N) is 1. The summed E-state index contributed by atoms with van der Waals surface area (Å²) < 4.78 is 22.4. The fraction of sp³-hybridized carbons (Fsp3) is 0.300. The predicted molar refractivity (Wildman–Crippen MR) is 103 cm³/mol. The van der Waals surface area contributed by atoms with Gasteiger partial charge >= 0.3 is 0 Å². The average molecular weight is 386 g/mol. The van der Waals surface area contributed by atoms with Gasteiger partial charge in [-0.05, 0) is 67.1 Å². The monoisotopic (exact) mass is 386 g/mol. The third-order valence-corrected chi connectivity index (χ3v) is 5.65. The summed E-state index contributed by atoms with van der Waals surface area (Å²) in [6, 6.07) is 11.4. The lowest BCUT2D eigenvalue weighted by Crippen LogP contribution is -2.15. The van der Waals surface area contributed by atoms with Crippen LogP contribution in [0.15, 0.2) is 47.4 Å². The van der Waals surface area contributed by atoms with Crippen LogP contribution in [-0.2, 0) is 27.7 Å². The number of fused-ring (bicyclic) bond motifs is 1. The van der Waals surface area contributed by atoms with Crippen LogP contribution in [-0.4, -0.2) is 20.1 Å². The first-order valence-electron chi connectivity index (χ1n) is 8.91. The van der Waals surface area contributed by atoms with Gasteiger partial charge in [-0.15, -0.1) is 0 Å². The lowest BCUT2D eigenvalue weighted by molar-refractivity contribution is -0.116. The minimum atomic E-state index is -3.76. The lowest BCUT2D eigenvalue weighted by Gasteiger charge is -2.16. The Labute approximate surface area is 158 Å². The normalized spacial score (nSPS) is 13.7. The van der Waals surface area contributed by atoms with Gasteiger partial charge in [0.1, 0.15) is 0 Å². The number of hydrogen-bond acceptors (Lipinski definition) is 4. The number of sulfonamides is 1. The van der Waals surface area contributed by atoms with E-state index in [1.807, 2.05) is 18.2 Å². The van der Waals surface area contributed by atoms with Gasteiger partial charge in [-0.3, -0.25) is 9.59 Å². The Morgan fingerprint density at radius 3 is 2.26 bits per heavy atom. The maximum atomic E-state index is 12.4. The Kier molecular flexibility index (Phi) is 5.72. The van der Waals surface area contributed by atoms with Crippen LogP contribution in [0.5, 0.6) is 0 Å². The first-order valence-corrected chi connectivity index (χ1v) is 10.5. The maximum absolute atomic E-state index is 12.4. The van der Waals surface area contributed by atoms with Crippen LogP contribution in [0.1, 0.15) is 47.2 Å². The summed E-state index contributed by atoms with van der Waals surface area (Å²) in [6.45, 7) is 0. The van der Waals surface area contributed by atoms with E-state index in [0.717, 1.165) is 19.3 Å². The van der Waals surface area contributed by atoms with Crippen LogP contribution in [0.25, 0.3) is 0 Å². The zero-order chi connectivity index (χ0) is 19.4. The molecule has 3 N–H and O–H groups in total. The Balaban J connectivity index is 1.55. The molecule has 2 aromatic carbocycles. The van der Waals surface area contributed by atoms with E-state index in [1.165, 1.54) is 41.8 Å². The predicted octanol–water partition coefficient (Wildman–Crippen LogP) is 2.81. The highest BCUT2D eigenvalue weighted by molar-refractivity contribution is 7.89. The second-order valence-corrected chi connectivity index (χ2v) is 8.29. The molecule has 0 fully saturated rings. The molecule has 0 spiro atoms. The molecule has 3 rings (SSSR count). The molecule has 0 aromatic heterocycles. The van der Waals surface area contributed by atoms with E-state index in [1.54, 1.807) is 0 Å². The molecule has 0 unspecified atom stereocenters. The number of primary sulfonamides is 1. The summed E-state index contributed by atoms with van der Waals surface area (Å²) in [5.41, 5.74) is 3.67. The Hall–Kier alpha value is -2.51. The van der Waals surface area contributed by atoms with E-state index in [4.69, 9.17) is 5.14 Å². The van der Waals surface area contributed by atoms with Crippen LogP contribution in [0, 0.1) is 0 Å². The summed E-state index contributed by atoms with van der Waals surface area (Å²) in [4.78, 5) is 24.4. The van der Waals surface area contributed by atoms with Crippen molar-refractivity contribution < 1.29 is 18.0 Å². The fourth-order valence-electron chi connectivity index (χ4n) is 3.23. The van der Waals surface area contributed by atoms with E-state index >= 15 is 0 Å². The summed E-state index contributed by atoms with van der Waals surface area (Å²) in [5, 5.41) is 7.68. The van der Waals surface area contributed by atoms with Gasteiger partial charge in [0.25, 0.3) is 0 Å². The van der Waals surface area contributed by atoms with Crippen molar-refractivity contribution in [2.75, 3.05) is 5.32 Å². The van der Waals surface area contributed by atoms with Crippen molar-refractivity contribution >= 4 is 27.4 Å². The number of amides is 1. The Bertz CT molecular complexity index is 966. The summed E-state index contributed by atoms with van der Waals surface area (Å²) in [7, 11) is -3.76. The minimum Gasteiger partial charge on any atom is -0.326 e. The van der Waals surface area contributed by atoms with Crippen LogP contribution in [0.4, 0.5) is 5.69 Å². The van der Waals surface area contributed by atoms with E-state index in [2.05, 4.69) is 5.32 Å². The number of carbonyl (C=O) groups is 2. The molecule has 0 heterocycles. The molecule has 142 valence electrons. The lowest BCUT2D eigenvalue weighted by atomic mass is 9.89. The van der Waals surface area contributed by atoms with Gasteiger partial charge in [-0.2, -0.15) is 0 Å². The van der Waals surface area contributed by atoms with Crippen molar-refractivity contribution in [2.24, 2.45) is 5.14 Å². The van der Waals surface area contributed by atoms with E-state index in [0.29, 0.717) is 11.3 Å². The third kappa shape index (κ3) is 5.02. The number of rotatable bonds is 6. The van der Waals surface area contributed by atoms with Gasteiger partial charge in [-0.25, -0.2) is 13.6 Å². The number of nitrogens with two attached hydrogens (primary N) is 1. The van der Waals surface area contributed by atoms with Crippen molar-refractivity contribution in [1.29, 1.82) is 0 Å². The second-order valence-electron chi connectivity index (χ2n) is 6.73. The molecule has 7 heteroatoms. The standard InChI is InChI=1S/C20H22N2O4S/c21-27(25,26)18-9-7-17(8-10-18)22-20(24)12-11-19(23)16-6-5-14-3-1-2-4-15(14)13-16/h5-10,13H,1-4,11-12H2,(H,22,24)(H2,21,25,26). The van der Waals surface area contributed by atoms with Gasteiger partial charge in [0, 0.05) is 24.1 Å². The number of ketones is 1. The van der Waals surface area contributed by atoms with Crippen molar-refractivity contribution in [2.45, 2.75) is 43.4 Å². The van der Waals surface area contributed by atoms with Crippen molar-refractivity contribution in [1.82, 2.24) is 0 Å². The molecule has 0 aliphatic heterocycles. The van der Waals surface area contributed by atoms with Crippen molar-refractivity contribution in [3.63, 3.8) is 0 Å². The van der Waals surface area contributed by atoms with Gasteiger partial charge in [0.2, 0.25) is 15.9 Å². The Morgan fingerprint density at radius 2 is 1.59 bits per heavy atom. The number of aryl methyl sites for hydroxylation is 2. The number of carbonyl (C=O) groups excluding carboxylic acids is 2. The molecule has 27 heavy (non-hydrogen) atoms. The molecule has 6 nitrogen and oxygen atoms in total. The number of hydrogen-bond donors (Lipinski definition) is 2. The zero-order valence-corrected chi connectivity index (χ0v) is 15.7. The van der Waals surface area contributed by atoms with Crippen molar-refractivity contribution in [3.8, 4) is 0 Å². The molecule has 1 aliphatic carbocycles. The van der Waals surface area contributed by atoms with Crippen LogP contribution in [0.2, 0.25) is 0 Å². The first kappa shape index (κ1) is 19.3. The number of Topliss-reactive ketones (excluding diaryl/α,β-unsaturated/α-hetero) is 1. The maximum Gasteiger partial charge on any atom is 0.238 e. The number of benzene rings is 2. The van der Waals surface area contributed by atoms with Gasteiger partial charge < -0.3 is 5.32 Å². The van der Waals surface area contributed by atoms with E-state index < -0.39 is 10.0 Å². The summed E-state index contributed by atoms with van der Waals surface area (Å²) in [6.07, 6.45) is 4.60. The molecule has 1 amide bonds. The first-order chi connectivity index (χ1) is 12.8. The third-order valence-electron chi connectivity index (χ3n) is 4.72.